The monoisotopic (exact) mass is 491 g/mol. The van der Waals surface area contributed by atoms with Gasteiger partial charge in [0, 0.05) is 0 Å². The van der Waals surface area contributed by atoms with Gasteiger partial charge in [-0.2, -0.15) is 0 Å². The third-order valence-corrected chi connectivity index (χ3v) is 21.2. The van der Waals surface area contributed by atoms with E-state index in [1.165, 1.54) is 51.8 Å². The minimum atomic E-state index is -2.27. The Labute approximate surface area is 172 Å². The molecule has 2 aliphatic rings. The number of hydrogen-bond donors (Lipinski definition) is 1. The molecule has 1 saturated carbocycles. The van der Waals surface area contributed by atoms with Crippen molar-refractivity contribution in [2.75, 3.05) is 24.4 Å². The SMILES string of the molecule is CCC[CH2][Sn]([CH2]CCC)([CH2]CCC)[CH2]OC1(CN)CCC2(CC1)OCCO2. The molecule has 27 heavy (non-hydrogen) atoms. The van der Waals surface area contributed by atoms with Gasteiger partial charge in [-0.1, -0.05) is 0 Å². The van der Waals surface area contributed by atoms with Crippen LogP contribution in [0.5, 0.6) is 0 Å². The molecule has 1 saturated heterocycles. The molecule has 1 spiro atoms. The second-order valence-electron chi connectivity index (χ2n) is 9.09. The van der Waals surface area contributed by atoms with Crippen molar-refractivity contribution in [2.24, 2.45) is 5.73 Å². The number of hydrogen-bond acceptors (Lipinski definition) is 4. The quantitative estimate of drug-likeness (QED) is 0.351. The molecule has 0 aromatic carbocycles. The molecular weight excluding hydrogens is 445 g/mol. The summed E-state index contributed by atoms with van der Waals surface area (Å²) in [4.78, 5) is 0. The van der Waals surface area contributed by atoms with Gasteiger partial charge >= 0.3 is 172 Å². The van der Waals surface area contributed by atoms with Gasteiger partial charge in [0.05, 0.1) is 0 Å². The molecule has 0 aromatic rings. The van der Waals surface area contributed by atoms with Crippen LogP contribution in [0.2, 0.25) is 13.3 Å². The van der Waals surface area contributed by atoms with Crippen LogP contribution < -0.4 is 5.73 Å². The van der Waals surface area contributed by atoms with Crippen molar-refractivity contribution >= 4 is 18.4 Å². The number of nitrogens with two attached hydrogens (primary N) is 1. The molecule has 0 unspecified atom stereocenters. The fourth-order valence-corrected chi connectivity index (χ4v) is 19.4. The van der Waals surface area contributed by atoms with Gasteiger partial charge in [0.15, 0.2) is 0 Å². The molecule has 5 heteroatoms. The van der Waals surface area contributed by atoms with Gasteiger partial charge in [0.2, 0.25) is 0 Å². The van der Waals surface area contributed by atoms with Crippen molar-refractivity contribution in [3.05, 3.63) is 0 Å². The summed E-state index contributed by atoms with van der Waals surface area (Å²) in [6.07, 6.45) is 12.0. The summed E-state index contributed by atoms with van der Waals surface area (Å²) in [7, 11) is 0. The van der Waals surface area contributed by atoms with E-state index < -0.39 is 18.4 Å². The Bertz CT molecular complexity index is 381. The minimum absolute atomic E-state index is 0.132. The molecule has 1 heterocycles. The zero-order valence-electron chi connectivity index (χ0n) is 18.3. The maximum atomic E-state index is 6.84. The Balaban J connectivity index is 2.00. The van der Waals surface area contributed by atoms with Crippen molar-refractivity contribution < 1.29 is 14.2 Å². The van der Waals surface area contributed by atoms with Crippen LogP contribution in [-0.2, 0) is 14.2 Å². The van der Waals surface area contributed by atoms with Crippen LogP contribution in [0.4, 0.5) is 0 Å². The number of ether oxygens (including phenoxy) is 3. The Morgan fingerprint density at radius 1 is 0.815 bits per heavy atom. The molecule has 0 amide bonds. The topological polar surface area (TPSA) is 53.7 Å². The predicted molar refractivity (Wildman–Crippen MR) is 116 cm³/mol. The van der Waals surface area contributed by atoms with E-state index in [4.69, 9.17) is 19.9 Å². The summed E-state index contributed by atoms with van der Waals surface area (Å²) in [5, 5.41) is 0. The summed E-state index contributed by atoms with van der Waals surface area (Å²) in [6, 6.07) is 0. The van der Waals surface area contributed by atoms with Gasteiger partial charge < -0.3 is 0 Å². The third-order valence-electron chi connectivity index (χ3n) is 6.98. The first-order chi connectivity index (χ1) is 13.1. The van der Waals surface area contributed by atoms with Crippen LogP contribution in [0.15, 0.2) is 0 Å². The zero-order valence-corrected chi connectivity index (χ0v) is 21.2. The van der Waals surface area contributed by atoms with Crippen molar-refractivity contribution in [3.8, 4) is 0 Å². The van der Waals surface area contributed by atoms with Crippen LogP contribution in [0.25, 0.3) is 0 Å². The van der Waals surface area contributed by atoms with E-state index in [0.717, 1.165) is 43.5 Å². The average Bonchev–Trinajstić information content (AvgIpc) is 3.17. The first kappa shape index (κ1) is 23.9. The van der Waals surface area contributed by atoms with Crippen molar-refractivity contribution in [3.63, 3.8) is 0 Å². The first-order valence-electron chi connectivity index (χ1n) is 11.7. The van der Waals surface area contributed by atoms with Crippen LogP contribution in [0.1, 0.15) is 85.0 Å². The van der Waals surface area contributed by atoms with Gasteiger partial charge in [-0.25, -0.2) is 0 Å². The predicted octanol–water partition coefficient (Wildman–Crippen LogP) is 5.41. The van der Waals surface area contributed by atoms with Crippen LogP contribution in [0, 0.1) is 0 Å². The van der Waals surface area contributed by atoms with E-state index in [1.807, 2.05) is 0 Å². The van der Waals surface area contributed by atoms with Crippen LogP contribution in [-0.4, -0.2) is 54.1 Å². The van der Waals surface area contributed by atoms with E-state index >= 15 is 0 Å². The Morgan fingerprint density at radius 3 is 1.70 bits per heavy atom. The molecule has 0 atom stereocenters. The fourth-order valence-electron chi connectivity index (χ4n) is 4.83. The summed E-state index contributed by atoms with van der Waals surface area (Å²) in [5.41, 5.74) is 6.14. The zero-order chi connectivity index (χ0) is 19.6. The van der Waals surface area contributed by atoms with Gasteiger partial charge in [-0.3, -0.25) is 0 Å². The van der Waals surface area contributed by atoms with E-state index in [9.17, 15) is 0 Å². The molecule has 2 rings (SSSR count). The van der Waals surface area contributed by atoms with E-state index in [0.29, 0.717) is 6.54 Å². The molecule has 160 valence electrons. The Kier molecular flexibility index (Phi) is 10.4. The molecule has 0 radical (unpaired) electrons. The van der Waals surface area contributed by atoms with E-state index in [1.54, 1.807) is 0 Å². The summed E-state index contributed by atoms with van der Waals surface area (Å²) in [5.74, 6) is -0.324. The van der Waals surface area contributed by atoms with Crippen LogP contribution in [0.3, 0.4) is 0 Å². The molecule has 4 nitrogen and oxygen atoms in total. The van der Waals surface area contributed by atoms with Crippen molar-refractivity contribution in [2.45, 2.75) is 110 Å². The van der Waals surface area contributed by atoms with Crippen molar-refractivity contribution in [1.82, 2.24) is 0 Å². The van der Waals surface area contributed by atoms with E-state index in [2.05, 4.69) is 20.8 Å². The van der Waals surface area contributed by atoms with Gasteiger partial charge in [0.25, 0.3) is 0 Å². The maximum absolute atomic E-state index is 6.84. The van der Waals surface area contributed by atoms with Gasteiger partial charge in [0.1, 0.15) is 0 Å². The number of unbranched alkanes of at least 4 members (excludes halogenated alkanes) is 3. The number of rotatable bonds is 13. The summed E-state index contributed by atoms with van der Waals surface area (Å²) in [6.45, 7) is 9.12. The standard InChI is InChI=1S/C10H18NO3.3C4H9.Sn/c1-12-9(8-11)2-4-10(5-3-9)13-6-7-14-10;3*1-3-4-2;/h1-8,11H2;3*1,3-4H2,2H3;. The normalized spacial score (nSPS) is 21.8. The fraction of sp³-hybridized carbons (Fsp3) is 1.00. The first-order valence-corrected chi connectivity index (χ1v) is 19.8. The third kappa shape index (κ3) is 6.84. The summed E-state index contributed by atoms with van der Waals surface area (Å²) < 4.78 is 24.3. The van der Waals surface area contributed by atoms with Gasteiger partial charge in [-0.15, -0.1) is 0 Å². The van der Waals surface area contributed by atoms with Gasteiger partial charge in [-0.05, 0) is 0 Å². The second kappa shape index (κ2) is 11.7. The molecule has 2 fully saturated rings. The molecule has 0 aromatic heterocycles. The van der Waals surface area contributed by atoms with Crippen LogP contribution >= 0.6 is 0 Å². The molecule has 2 N–H and O–H groups in total. The molecule has 1 aliphatic heterocycles. The summed E-state index contributed by atoms with van der Waals surface area (Å²) >= 11 is -2.27. The molecule has 0 bridgehead atoms. The average molecular weight is 490 g/mol. The Morgan fingerprint density at radius 2 is 1.30 bits per heavy atom. The molecular formula is C22H45NO3Sn. The van der Waals surface area contributed by atoms with Crippen molar-refractivity contribution in [1.29, 1.82) is 0 Å². The molecule has 1 aliphatic carbocycles. The Hall–Kier alpha value is 0.639. The second-order valence-corrected chi connectivity index (χ2v) is 22.8. The van der Waals surface area contributed by atoms with E-state index in [-0.39, 0.29) is 11.4 Å².